The highest BCUT2D eigenvalue weighted by Crippen LogP contribution is 2.09. The molecule has 6 heteroatoms. The van der Waals surface area contributed by atoms with E-state index in [0.29, 0.717) is 13.1 Å². The van der Waals surface area contributed by atoms with Gasteiger partial charge in [-0.2, -0.15) is 0 Å². The number of aryl methyl sites for hydroxylation is 1. The van der Waals surface area contributed by atoms with Gasteiger partial charge in [-0.25, -0.2) is 8.78 Å². The van der Waals surface area contributed by atoms with E-state index in [4.69, 9.17) is 0 Å². The molecule has 4 nitrogen and oxygen atoms in total. The fourth-order valence-corrected chi connectivity index (χ4v) is 2.31. The van der Waals surface area contributed by atoms with Gasteiger partial charge in [0.25, 0.3) is 5.91 Å². The van der Waals surface area contributed by atoms with Crippen LogP contribution >= 0.6 is 0 Å². The zero-order valence-electron chi connectivity index (χ0n) is 14.2. The maximum Gasteiger partial charge on any atom is 0.251 e. The first-order valence-electron chi connectivity index (χ1n) is 7.91. The summed E-state index contributed by atoms with van der Waals surface area (Å²) in [7, 11) is 0. The van der Waals surface area contributed by atoms with E-state index in [-0.39, 0.29) is 18.0 Å². The Hall–Kier alpha value is -2.76. The van der Waals surface area contributed by atoms with Crippen molar-refractivity contribution < 1.29 is 18.4 Å². The van der Waals surface area contributed by atoms with Gasteiger partial charge in [-0.15, -0.1) is 0 Å². The van der Waals surface area contributed by atoms with Crippen LogP contribution in [0.1, 0.15) is 28.4 Å². The molecule has 0 saturated carbocycles. The van der Waals surface area contributed by atoms with E-state index in [1.54, 1.807) is 4.90 Å². The van der Waals surface area contributed by atoms with E-state index in [2.05, 4.69) is 5.32 Å². The number of amides is 2. The first-order valence-corrected chi connectivity index (χ1v) is 7.91. The van der Waals surface area contributed by atoms with E-state index < -0.39 is 17.5 Å². The van der Waals surface area contributed by atoms with Gasteiger partial charge in [0, 0.05) is 32.1 Å². The molecule has 0 spiro atoms. The van der Waals surface area contributed by atoms with Gasteiger partial charge in [0.05, 0.1) is 0 Å². The summed E-state index contributed by atoms with van der Waals surface area (Å²) in [5.74, 6) is -2.70. The van der Waals surface area contributed by atoms with Gasteiger partial charge in [-0.3, -0.25) is 9.59 Å². The summed E-state index contributed by atoms with van der Waals surface area (Å²) in [5, 5.41) is 2.60. The number of nitrogens with one attached hydrogen (secondary N) is 1. The number of nitrogens with zero attached hydrogens (tertiary/aromatic N) is 1. The molecule has 25 heavy (non-hydrogen) atoms. The molecule has 0 atom stereocenters. The normalized spacial score (nSPS) is 10.4. The minimum absolute atomic E-state index is 0.0341. The van der Waals surface area contributed by atoms with Crippen molar-refractivity contribution in [1.29, 1.82) is 0 Å². The van der Waals surface area contributed by atoms with Crippen LogP contribution in [-0.4, -0.2) is 29.8 Å². The Morgan fingerprint density at radius 1 is 1.04 bits per heavy atom. The summed E-state index contributed by atoms with van der Waals surface area (Å²) in [4.78, 5) is 25.3. The van der Waals surface area contributed by atoms with Crippen molar-refractivity contribution in [2.24, 2.45) is 0 Å². The third-order valence-electron chi connectivity index (χ3n) is 3.79. The monoisotopic (exact) mass is 346 g/mol. The van der Waals surface area contributed by atoms with E-state index >= 15 is 0 Å². The lowest BCUT2D eigenvalue weighted by atomic mass is 10.1. The third-order valence-corrected chi connectivity index (χ3v) is 3.79. The smallest absolute Gasteiger partial charge is 0.251 e. The van der Waals surface area contributed by atoms with Gasteiger partial charge in [-0.1, -0.05) is 29.8 Å². The largest absolute Gasteiger partial charge is 0.350 e. The Bertz CT molecular complexity index is 761. The van der Waals surface area contributed by atoms with E-state index in [1.165, 1.54) is 13.0 Å². The zero-order valence-corrected chi connectivity index (χ0v) is 14.2. The molecule has 0 saturated heterocycles. The van der Waals surface area contributed by atoms with Crippen molar-refractivity contribution in [3.8, 4) is 0 Å². The van der Waals surface area contributed by atoms with Crippen molar-refractivity contribution in [2.75, 3.05) is 13.1 Å². The Morgan fingerprint density at radius 2 is 1.72 bits per heavy atom. The lowest BCUT2D eigenvalue weighted by Gasteiger charge is -2.21. The molecule has 2 amide bonds. The molecule has 0 aliphatic carbocycles. The summed E-state index contributed by atoms with van der Waals surface area (Å²) < 4.78 is 26.0. The van der Waals surface area contributed by atoms with Crippen LogP contribution in [0.4, 0.5) is 8.78 Å². The molecule has 2 rings (SSSR count). The van der Waals surface area contributed by atoms with E-state index in [0.717, 1.165) is 23.3 Å². The van der Waals surface area contributed by atoms with Crippen LogP contribution in [0.2, 0.25) is 0 Å². The maximum absolute atomic E-state index is 13.2. The highest BCUT2D eigenvalue weighted by molar-refractivity contribution is 5.94. The fourth-order valence-electron chi connectivity index (χ4n) is 2.31. The number of hydrogen-bond donors (Lipinski definition) is 1. The lowest BCUT2D eigenvalue weighted by Crippen LogP contribution is -2.37. The van der Waals surface area contributed by atoms with Gasteiger partial charge in [-0.05, 0) is 30.7 Å². The third kappa shape index (κ3) is 5.38. The molecular weight excluding hydrogens is 326 g/mol. The zero-order chi connectivity index (χ0) is 18.4. The van der Waals surface area contributed by atoms with Crippen molar-refractivity contribution in [3.63, 3.8) is 0 Å². The molecule has 0 aromatic heterocycles. The molecule has 0 bridgehead atoms. The maximum atomic E-state index is 13.2. The predicted molar refractivity (Wildman–Crippen MR) is 91.0 cm³/mol. The molecule has 0 aliphatic heterocycles. The average molecular weight is 346 g/mol. The van der Waals surface area contributed by atoms with Gasteiger partial charge < -0.3 is 10.2 Å². The van der Waals surface area contributed by atoms with Gasteiger partial charge in [0.1, 0.15) is 0 Å². The number of halogens is 2. The molecule has 2 aromatic carbocycles. The lowest BCUT2D eigenvalue weighted by molar-refractivity contribution is -0.129. The Labute approximate surface area is 145 Å². The van der Waals surface area contributed by atoms with Crippen molar-refractivity contribution >= 4 is 11.8 Å². The second-order valence-corrected chi connectivity index (χ2v) is 5.81. The van der Waals surface area contributed by atoms with Gasteiger partial charge in [0.2, 0.25) is 5.91 Å². The molecule has 0 aliphatic rings. The summed E-state index contributed by atoms with van der Waals surface area (Å²) >= 11 is 0. The van der Waals surface area contributed by atoms with Crippen LogP contribution in [0, 0.1) is 18.6 Å². The standard InChI is InChI=1S/C19H20F2N2O2/c1-13-3-5-15(6-4-13)12-23(14(2)24)10-9-22-19(25)16-7-8-17(20)18(21)11-16/h3-8,11H,9-10,12H2,1-2H3,(H,22,25). The number of carbonyl (C=O) groups excluding carboxylic acids is 2. The molecule has 2 aromatic rings. The average Bonchev–Trinajstić information content (AvgIpc) is 2.58. The molecule has 0 unspecified atom stereocenters. The summed E-state index contributed by atoms with van der Waals surface area (Å²) in [6, 6.07) is 10.8. The quantitative estimate of drug-likeness (QED) is 0.874. The highest BCUT2D eigenvalue weighted by atomic mass is 19.2. The number of carbonyl (C=O) groups is 2. The summed E-state index contributed by atoms with van der Waals surface area (Å²) in [6.07, 6.45) is 0. The first-order chi connectivity index (χ1) is 11.9. The molecular formula is C19H20F2N2O2. The van der Waals surface area contributed by atoms with Crippen molar-refractivity contribution in [3.05, 3.63) is 70.8 Å². The first kappa shape index (κ1) is 18.6. The fraction of sp³-hybridized carbons (Fsp3) is 0.263. The topological polar surface area (TPSA) is 49.4 Å². The van der Waals surface area contributed by atoms with Crippen LogP contribution in [0.25, 0.3) is 0 Å². The number of rotatable bonds is 6. The summed E-state index contributed by atoms with van der Waals surface area (Å²) in [6.45, 7) is 4.42. The highest BCUT2D eigenvalue weighted by Gasteiger charge is 2.12. The van der Waals surface area contributed by atoms with Gasteiger partial charge >= 0.3 is 0 Å². The molecule has 0 radical (unpaired) electrons. The van der Waals surface area contributed by atoms with Crippen LogP contribution in [0.5, 0.6) is 0 Å². The van der Waals surface area contributed by atoms with Crippen molar-refractivity contribution in [2.45, 2.75) is 20.4 Å². The van der Waals surface area contributed by atoms with Crippen LogP contribution in [-0.2, 0) is 11.3 Å². The molecule has 1 N–H and O–H groups in total. The Kier molecular flexibility index (Phi) is 6.22. The van der Waals surface area contributed by atoms with E-state index in [9.17, 15) is 18.4 Å². The number of benzene rings is 2. The molecule has 0 fully saturated rings. The molecule has 132 valence electrons. The predicted octanol–water partition coefficient (Wildman–Crippen LogP) is 3.05. The van der Waals surface area contributed by atoms with Crippen LogP contribution in [0.15, 0.2) is 42.5 Å². The molecule has 0 heterocycles. The summed E-state index contributed by atoms with van der Waals surface area (Å²) in [5.41, 5.74) is 2.16. The van der Waals surface area contributed by atoms with E-state index in [1.807, 2.05) is 31.2 Å². The SMILES string of the molecule is CC(=O)N(CCNC(=O)c1ccc(F)c(F)c1)Cc1ccc(C)cc1. The Morgan fingerprint density at radius 3 is 2.32 bits per heavy atom. The van der Waals surface area contributed by atoms with Gasteiger partial charge in [0.15, 0.2) is 11.6 Å². The van der Waals surface area contributed by atoms with Crippen LogP contribution in [0.3, 0.4) is 0 Å². The minimum atomic E-state index is -1.07. The van der Waals surface area contributed by atoms with Crippen molar-refractivity contribution in [1.82, 2.24) is 10.2 Å². The van der Waals surface area contributed by atoms with Crippen LogP contribution < -0.4 is 5.32 Å². The number of hydrogen-bond acceptors (Lipinski definition) is 2. The Balaban J connectivity index is 1.90. The second-order valence-electron chi connectivity index (χ2n) is 5.81. The minimum Gasteiger partial charge on any atom is -0.350 e. The second kappa shape index (κ2) is 8.37.